The first-order valence-electron chi connectivity index (χ1n) is 7.57. The summed E-state index contributed by atoms with van der Waals surface area (Å²) in [6.45, 7) is 3.15. The molecule has 1 saturated carbocycles. The summed E-state index contributed by atoms with van der Waals surface area (Å²) in [4.78, 5) is 11.5. The van der Waals surface area contributed by atoms with Crippen molar-refractivity contribution in [3.63, 3.8) is 0 Å². The molecule has 2 heterocycles. The number of hydrogen-bond donors (Lipinski definition) is 2. The second kappa shape index (κ2) is 6.55. The molecular weight excluding hydrogens is 280 g/mol. The Morgan fingerprint density at radius 3 is 2.77 bits per heavy atom. The van der Waals surface area contributed by atoms with Gasteiger partial charge < -0.3 is 10.6 Å². The van der Waals surface area contributed by atoms with Crippen molar-refractivity contribution in [3.05, 3.63) is 30.1 Å². The average Bonchev–Trinajstić information content (AvgIpc) is 3.22. The quantitative estimate of drug-likeness (QED) is 0.753. The lowest BCUT2D eigenvalue weighted by atomic mass is 10.3. The minimum Gasteiger partial charge on any atom is -0.367 e. The Labute approximate surface area is 129 Å². The fraction of sp³-hybridized carbons (Fsp3) is 0.467. The first-order valence-corrected chi connectivity index (χ1v) is 7.57. The van der Waals surface area contributed by atoms with Crippen molar-refractivity contribution < 1.29 is 4.79 Å². The Morgan fingerprint density at radius 1 is 1.27 bits per heavy atom. The number of nitrogens with zero attached hydrogens (tertiary/aromatic N) is 4. The Balaban J connectivity index is 1.42. The van der Waals surface area contributed by atoms with Crippen LogP contribution in [0, 0.1) is 12.8 Å². The molecule has 116 valence electrons. The number of carbonyl (C=O) groups excluding carboxylic acids is 1. The summed E-state index contributed by atoms with van der Waals surface area (Å²) >= 11 is 0. The molecular formula is C15H20N6O. The van der Waals surface area contributed by atoms with Gasteiger partial charge in [-0.1, -0.05) is 0 Å². The third-order valence-corrected chi connectivity index (χ3v) is 3.53. The van der Waals surface area contributed by atoms with Crippen molar-refractivity contribution in [1.82, 2.24) is 25.3 Å². The van der Waals surface area contributed by atoms with Gasteiger partial charge in [0, 0.05) is 25.7 Å². The fourth-order valence-electron chi connectivity index (χ4n) is 2.13. The first kappa shape index (κ1) is 14.5. The van der Waals surface area contributed by atoms with Crippen LogP contribution < -0.4 is 10.6 Å². The molecule has 1 aliphatic rings. The molecule has 0 bridgehead atoms. The van der Waals surface area contributed by atoms with E-state index in [4.69, 9.17) is 0 Å². The fourth-order valence-corrected chi connectivity index (χ4v) is 2.13. The van der Waals surface area contributed by atoms with E-state index in [1.807, 2.05) is 31.3 Å². The smallest absolute Gasteiger partial charge is 0.220 e. The number of anilines is 1. The lowest BCUT2D eigenvalue weighted by Gasteiger charge is -2.07. The number of aromatic nitrogens is 4. The Hall–Kier alpha value is -2.44. The topological polar surface area (TPSA) is 84.7 Å². The minimum atomic E-state index is 0.139. The minimum absolute atomic E-state index is 0.139. The molecule has 2 aromatic heterocycles. The van der Waals surface area contributed by atoms with Gasteiger partial charge in [-0.05, 0) is 43.9 Å². The van der Waals surface area contributed by atoms with Crippen LogP contribution in [0.1, 0.15) is 25.0 Å². The molecule has 3 rings (SSSR count). The predicted octanol–water partition coefficient (Wildman–Crippen LogP) is 1.30. The van der Waals surface area contributed by atoms with Gasteiger partial charge in [0.05, 0.1) is 5.69 Å². The monoisotopic (exact) mass is 300 g/mol. The summed E-state index contributed by atoms with van der Waals surface area (Å²) in [6.07, 6.45) is 4.91. The van der Waals surface area contributed by atoms with Crippen molar-refractivity contribution in [2.75, 3.05) is 18.4 Å². The molecule has 1 aliphatic carbocycles. The Bertz CT molecular complexity index is 632. The molecule has 7 nitrogen and oxygen atoms in total. The van der Waals surface area contributed by atoms with Gasteiger partial charge in [0.1, 0.15) is 5.82 Å². The van der Waals surface area contributed by atoms with Gasteiger partial charge in [0.25, 0.3) is 0 Å². The van der Waals surface area contributed by atoms with Gasteiger partial charge in [-0.2, -0.15) is 5.10 Å². The molecule has 7 heteroatoms. The van der Waals surface area contributed by atoms with Crippen LogP contribution in [-0.4, -0.2) is 39.0 Å². The normalized spacial score (nSPS) is 13.9. The highest BCUT2D eigenvalue weighted by Gasteiger charge is 2.23. The molecule has 0 aliphatic heterocycles. The summed E-state index contributed by atoms with van der Waals surface area (Å²) < 4.78 is 1.68. The molecule has 2 aromatic rings. The molecule has 1 fully saturated rings. The van der Waals surface area contributed by atoms with Crippen LogP contribution in [0.15, 0.2) is 24.4 Å². The summed E-state index contributed by atoms with van der Waals surface area (Å²) in [7, 11) is 0. The van der Waals surface area contributed by atoms with E-state index in [0.29, 0.717) is 37.1 Å². The highest BCUT2D eigenvalue weighted by Crippen LogP contribution is 2.31. The largest absolute Gasteiger partial charge is 0.367 e. The van der Waals surface area contributed by atoms with Crippen LogP contribution in [0.5, 0.6) is 0 Å². The van der Waals surface area contributed by atoms with Crippen LogP contribution in [0.2, 0.25) is 0 Å². The maximum absolute atomic E-state index is 11.5. The number of amides is 1. The summed E-state index contributed by atoms with van der Waals surface area (Å²) in [6, 6.07) is 5.62. The highest BCUT2D eigenvalue weighted by atomic mass is 16.1. The lowest BCUT2D eigenvalue weighted by Crippen LogP contribution is -2.29. The van der Waals surface area contributed by atoms with E-state index in [2.05, 4.69) is 25.9 Å². The first-order chi connectivity index (χ1) is 10.7. The van der Waals surface area contributed by atoms with Crippen LogP contribution in [0.3, 0.4) is 0 Å². The van der Waals surface area contributed by atoms with E-state index in [0.717, 1.165) is 5.69 Å². The molecule has 0 saturated heterocycles. The van der Waals surface area contributed by atoms with Crippen molar-refractivity contribution in [2.24, 2.45) is 5.92 Å². The zero-order valence-corrected chi connectivity index (χ0v) is 12.6. The van der Waals surface area contributed by atoms with Gasteiger partial charge in [0.15, 0.2) is 5.82 Å². The van der Waals surface area contributed by atoms with Crippen LogP contribution in [0.25, 0.3) is 5.82 Å². The van der Waals surface area contributed by atoms with Crippen molar-refractivity contribution in [3.8, 4) is 5.82 Å². The maximum Gasteiger partial charge on any atom is 0.220 e. The SMILES string of the molecule is Cc1ccn(-c2ccc(NCCNC(=O)CC3CC3)nn2)n1. The zero-order chi connectivity index (χ0) is 15.4. The van der Waals surface area contributed by atoms with E-state index in [9.17, 15) is 4.79 Å². The second-order valence-corrected chi connectivity index (χ2v) is 5.60. The summed E-state index contributed by atoms with van der Waals surface area (Å²) in [5.74, 6) is 2.12. The number of carbonyl (C=O) groups is 1. The van der Waals surface area contributed by atoms with Gasteiger partial charge in [-0.3, -0.25) is 4.79 Å². The predicted molar refractivity (Wildman–Crippen MR) is 82.7 cm³/mol. The molecule has 0 spiro atoms. The van der Waals surface area contributed by atoms with Gasteiger partial charge >= 0.3 is 0 Å². The van der Waals surface area contributed by atoms with Crippen molar-refractivity contribution in [1.29, 1.82) is 0 Å². The molecule has 22 heavy (non-hydrogen) atoms. The van der Waals surface area contributed by atoms with Crippen molar-refractivity contribution >= 4 is 11.7 Å². The van der Waals surface area contributed by atoms with E-state index in [1.54, 1.807) is 4.68 Å². The van der Waals surface area contributed by atoms with Gasteiger partial charge in [-0.25, -0.2) is 4.68 Å². The number of aryl methyl sites for hydroxylation is 1. The number of rotatable bonds is 7. The van der Waals surface area contributed by atoms with Crippen LogP contribution >= 0.6 is 0 Å². The van der Waals surface area contributed by atoms with Crippen LogP contribution in [-0.2, 0) is 4.79 Å². The Morgan fingerprint density at radius 2 is 2.14 bits per heavy atom. The highest BCUT2D eigenvalue weighted by molar-refractivity contribution is 5.76. The van der Waals surface area contributed by atoms with Gasteiger partial charge in [-0.15, -0.1) is 10.2 Å². The van der Waals surface area contributed by atoms with E-state index in [1.165, 1.54) is 12.8 Å². The molecule has 0 aromatic carbocycles. The maximum atomic E-state index is 11.5. The second-order valence-electron chi connectivity index (χ2n) is 5.60. The van der Waals surface area contributed by atoms with E-state index in [-0.39, 0.29) is 5.91 Å². The standard InChI is InChI=1S/C15H20N6O/c1-11-6-9-21(20-11)14-5-4-13(18-19-14)16-7-8-17-15(22)10-12-2-3-12/h4-6,9,12H,2-3,7-8,10H2,1H3,(H,16,18)(H,17,22). The molecule has 0 unspecified atom stereocenters. The van der Waals surface area contributed by atoms with Crippen molar-refractivity contribution in [2.45, 2.75) is 26.2 Å². The van der Waals surface area contributed by atoms with E-state index < -0.39 is 0 Å². The third kappa shape index (κ3) is 4.03. The van der Waals surface area contributed by atoms with Crippen LogP contribution in [0.4, 0.5) is 5.82 Å². The summed E-state index contributed by atoms with van der Waals surface area (Å²) in [5.41, 5.74) is 0.936. The summed E-state index contributed by atoms with van der Waals surface area (Å²) in [5, 5.41) is 18.5. The number of nitrogens with one attached hydrogen (secondary N) is 2. The molecule has 0 radical (unpaired) electrons. The molecule has 2 N–H and O–H groups in total. The number of hydrogen-bond acceptors (Lipinski definition) is 5. The zero-order valence-electron chi connectivity index (χ0n) is 12.6. The lowest BCUT2D eigenvalue weighted by molar-refractivity contribution is -0.121. The molecule has 0 atom stereocenters. The van der Waals surface area contributed by atoms with E-state index >= 15 is 0 Å². The van der Waals surface area contributed by atoms with Gasteiger partial charge in [0.2, 0.25) is 5.91 Å². The average molecular weight is 300 g/mol. The Kier molecular flexibility index (Phi) is 4.32. The third-order valence-electron chi connectivity index (χ3n) is 3.53. The molecule has 1 amide bonds.